The molecule has 0 fully saturated rings. The molecule has 2 nitrogen and oxygen atoms in total. The van der Waals surface area contributed by atoms with Gasteiger partial charge in [-0.15, -0.1) is 0 Å². The van der Waals surface area contributed by atoms with Gasteiger partial charge in [-0.05, 0) is 13.3 Å². The third-order valence-electron chi connectivity index (χ3n) is 1.18. The Morgan fingerprint density at radius 2 is 2.50 bits per heavy atom. The molecule has 10 heavy (non-hydrogen) atoms. The highest BCUT2D eigenvalue weighted by Gasteiger charge is 2.03. The summed E-state index contributed by atoms with van der Waals surface area (Å²) >= 11 is 0. The van der Waals surface area contributed by atoms with E-state index in [-0.39, 0.29) is 12.1 Å². The molecule has 1 atom stereocenters. The fraction of sp³-hybridized carbons (Fsp3) is 0.571. The first kappa shape index (κ1) is 9.43. The second-order valence-corrected chi connectivity index (χ2v) is 3.24. The van der Waals surface area contributed by atoms with Crippen molar-refractivity contribution in [3.05, 3.63) is 12.7 Å². The van der Waals surface area contributed by atoms with Crippen LogP contribution in [0.25, 0.3) is 0 Å². The van der Waals surface area contributed by atoms with Gasteiger partial charge in [0.15, 0.2) is 0 Å². The van der Waals surface area contributed by atoms with Crippen LogP contribution in [0.5, 0.6) is 0 Å². The lowest BCUT2D eigenvalue weighted by atomic mass is 10.3. The molecule has 0 rings (SSSR count). The first-order chi connectivity index (χ1) is 4.70. The van der Waals surface area contributed by atoms with Crippen LogP contribution in [0.15, 0.2) is 12.7 Å². The average molecular weight is 158 g/mol. The number of rotatable bonds is 4. The van der Waals surface area contributed by atoms with Crippen molar-refractivity contribution in [2.45, 2.75) is 25.5 Å². The number of hydrogen-bond acceptors (Lipinski definition) is 2. The molecular weight excluding hydrogens is 144 g/mol. The standard InChI is InChI=1S/C7H14O2Si/c1-3-7(8)9-6(2)4-5-10/h3,6H,1,4-5H2,2,10H3. The van der Waals surface area contributed by atoms with Crippen molar-refractivity contribution in [3.63, 3.8) is 0 Å². The molecule has 0 radical (unpaired) electrons. The van der Waals surface area contributed by atoms with Gasteiger partial charge in [0, 0.05) is 16.3 Å². The van der Waals surface area contributed by atoms with E-state index in [0.717, 1.165) is 6.42 Å². The van der Waals surface area contributed by atoms with Crippen LogP contribution in [0, 0.1) is 0 Å². The number of ether oxygens (including phenoxy) is 1. The van der Waals surface area contributed by atoms with Crippen LogP contribution in [0.3, 0.4) is 0 Å². The van der Waals surface area contributed by atoms with E-state index in [4.69, 9.17) is 4.74 Å². The van der Waals surface area contributed by atoms with Crippen LogP contribution in [-0.2, 0) is 9.53 Å². The molecule has 0 aromatic heterocycles. The van der Waals surface area contributed by atoms with Gasteiger partial charge in [0.05, 0.1) is 6.10 Å². The van der Waals surface area contributed by atoms with Gasteiger partial charge < -0.3 is 4.74 Å². The Morgan fingerprint density at radius 3 is 2.90 bits per heavy atom. The highest BCUT2D eigenvalue weighted by Crippen LogP contribution is 1.99. The summed E-state index contributed by atoms with van der Waals surface area (Å²) in [6, 6.07) is 1.17. The van der Waals surface area contributed by atoms with Gasteiger partial charge >= 0.3 is 5.97 Å². The van der Waals surface area contributed by atoms with Crippen molar-refractivity contribution >= 4 is 16.2 Å². The quantitative estimate of drug-likeness (QED) is 0.334. The fourth-order valence-corrected chi connectivity index (χ4v) is 1.52. The summed E-state index contributed by atoms with van der Waals surface area (Å²) < 4.78 is 4.91. The van der Waals surface area contributed by atoms with Crippen LogP contribution < -0.4 is 0 Å². The van der Waals surface area contributed by atoms with Gasteiger partial charge in [-0.2, -0.15) is 0 Å². The third-order valence-corrected chi connectivity index (χ3v) is 1.76. The van der Waals surface area contributed by atoms with E-state index in [0.29, 0.717) is 0 Å². The zero-order chi connectivity index (χ0) is 7.98. The molecule has 0 saturated carbocycles. The van der Waals surface area contributed by atoms with Gasteiger partial charge in [-0.3, -0.25) is 0 Å². The molecule has 1 unspecified atom stereocenters. The third kappa shape index (κ3) is 4.32. The maximum absolute atomic E-state index is 10.6. The summed E-state index contributed by atoms with van der Waals surface area (Å²) in [5.74, 6) is -0.317. The lowest BCUT2D eigenvalue weighted by Gasteiger charge is -2.09. The van der Waals surface area contributed by atoms with Crippen molar-refractivity contribution in [1.29, 1.82) is 0 Å². The Balaban J connectivity index is 3.46. The molecule has 3 heteroatoms. The zero-order valence-corrected chi connectivity index (χ0v) is 8.59. The van der Waals surface area contributed by atoms with Gasteiger partial charge in [0.2, 0.25) is 0 Å². The summed E-state index contributed by atoms with van der Waals surface area (Å²) in [5.41, 5.74) is 0. The van der Waals surface area contributed by atoms with Crippen LogP contribution in [0.4, 0.5) is 0 Å². The van der Waals surface area contributed by atoms with Crippen molar-refractivity contribution in [2.24, 2.45) is 0 Å². The van der Waals surface area contributed by atoms with Crippen molar-refractivity contribution < 1.29 is 9.53 Å². The summed E-state index contributed by atoms with van der Waals surface area (Å²) in [4.78, 5) is 10.6. The van der Waals surface area contributed by atoms with E-state index in [9.17, 15) is 4.79 Å². The largest absolute Gasteiger partial charge is 0.460 e. The number of carbonyl (C=O) groups excluding carboxylic acids is 1. The highest BCUT2D eigenvalue weighted by atomic mass is 28.1. The zero-order valence-electron chi connectivity index (χ0n) is 6.59. The summed E-state index contributed by atoms with van der Waals surface area (Å²) in [5, 5.41) is 0. The number of carbonyl (C=O) groups is 1. The Labute approximate surface area is 64.7 Å². The molecule has 0 aromatic carbocycles. The Kier molecular flexibility index (Phi) is 4.93. The predicted molar refractivity (Wildman–Crippen MR) is 45.1 cm³/mol. The van der Waals surface area contributed by atoms with E-state index in [2.05, 4.69) is 6.58 Å². The molecule has 0 N–H and O–H groups in total. The SMILES string of the molecule is C=CC(=O)OC(C)CC[SiH3]. The molecule has 58 valence electrons. The Morgan fingerprint density at radius 1 is 1.90 bits per heavy atom. The fourth-order valence-electron chi connectivity index (χ4n) is 0.712. The van der Waals surface area contributed by atoms with E-state index in [1.54, 1.807) is 0 Å². The van der Waals surface area contributed by atoms with E-state index in [1.165, 1.54) is 22.4 Å². The van der Waals surface area contributed by atoms with Crippen LogP contribution in [0.2, 0.25) is 6.04 Å². The van der Waals surface area contributed by atoms with E-state index >= 15 is 0 Å². The molecular formula is C7H14O2Si. The normalized spacial score (nSPS) is 12.5. The molecule has 0 saturated heterocycles. The summed E-state index contributed by atoms with van der Waals surface area (Å²) in [6.07, 6.45) is 2.23. The minimum Gasteiger partial charge on any atom is -0.460 e. The summed E-state index contributed by atoms with van der Waals surface area (Å²) in [6.45, 7) is 5.21. The van der Waals surface area contributed by atoms with Crippen LogP contribution >= 0.6 is 0 Å². The monoisotopic (exact) mass is 158 g/mol. The lowest BCUT2D eigenvalue weighted by Crippen LogP contribution is -2.12. The number of hydrogen-bond donors (Lipinski definition) is 0. The first-order valence-corrected chi connectivity index (χ1v) is 4.95. The Hall–Kier alpha value is -0.573. The van der Waals surface area contributed by atoms with Crippen LogP contribution in [-0.4, -0.2) is 22.3 Å². The molecule has 0 amide bonds. The van der Waals surface area contributed by atoms with Gasteiger partial charge in [0.25, 0.3) is 0 Å². The smallest absolute Gasteiger partial charge is 0.330 e. The second-order valence-electron chi connectivity index (χ2n) is 2.24. The van der Waals surface area contributed by atoms with Crippen molar-refractivity contribution in [3.8, 4) is 0 Å². The molecule has 0 heterocycles. The van der Waals surface area contributed by atoms with Crippen LogP contribution in [0.1, 0.15) is 13.3 Å². The molecule has 0 bridgehead atoms. The molecule has 0 aromatic rings. The Bertz CT molecular complexity index is 123. The molecule has 0 aliphatic carbocycles. The van der Waals surface area contributed by atoms with Gasteiger partial charge in [0.1, 0.15) is 0 Å². The average Bonchev–Trinajstić information content (AvgIpc) is 1.88. The molecule has 0 aliphatic heterocycles. The first-order valence-electron chi connectivity index (χ1n) is 3.53. The molecule has 0 spiro atoms. The maximum atomic E-state index is 10.6. The maximum Gasteiger partial charge on any atom is 0.330 e. The minimum absolute atomic E-state index is 0.0583. The number of esters is 1. The van der Waals surface area contributed by atoms with Crippen molar-refractivity contribution in [2.75, 3.05) is 0 Å². The predicted octanol–water partition coefficient (Wildman–Crippen LogP) is 0.278. The topological polar surface area (TPSA) is 26.3 Å². The second kappa shape index (κ2) is 5.23. The highest BCUT2D eigenvalue weighted by molar-refractivity contribution is 6.08. The van der Waals surface area contributed by atoms with Crippen molar-refractivity contribution in [1.82, 2.24) is 0 Å². The van der Waals surface area contributed by atoms with E-state index < -0.39 is 0 Å². The van der Waals surface area contributed by atoms with Gasteiger partial charge in [-0.25, -0.2) is 4.79 Å². The van der Waals surface area contributed by atoms with Gasteiger partial charge in [-0.1, -0.05) is 12.6 Å². The molecule has 0 aliphatic rings. The summed E-state index contributed by atoms with van der Waals surface area (Å²) in [7, 11) is 1.17. The van der Waals surface area contributed by atoms with E-state index in [1.807, 2.05) is 6.92 Å². The minimum atomic E-state index is -0.317. The lowest BCUT2D eigenvalue weighted by molar-refractivity contribution is -0.142.